The number of amides is 1. The summed E-state index contributed by atoms with van der Waals surface area (Å²) in [5.41, 5.74) is 1.64. The van der Waals surface area contributed by atoms with Crippen LogP contribution >= 0.6 is 11.3 Å². The lowest BCUT2D eigenvalue weighted by Gasteiger charge is -2.08. The molecule has 0 atom stereocenters. The lowest BCUT2D eigenvalue weighted by atomic mass is 10.1. The molecule has 0 radical (unpaired) electrons. The average Bonchev–Trinajstić information content (AvgIpc) is 3.09. The summed E-state index contributed by atoms with van der Waals surface area (Å²) < 4.78 is 40.4. The lowest BCUT2D eigenvalue weighted by Crippen LogP contribution is -2.17. The minimum atomic E-state index is -4.72. The number of benzene rings is 2. The van der Waals surface area contributed by atoms with Crippen LogP contribution in [0, 0.1) is 11.3 Å². The number of nitriles is 1. The van der Waals surface area contributed by atoms with Crippen molar-refractivity contribution in [2.75, 3.05) is 5.32 Å². The number of alkyl halides is 3. The van der Waals surface area contributed by atoms with Gasteiger partial charge in [-0.05, 0) is 42.0 Å². The minimum absolute atomic E-state index is 0.282. The zero-order valence-corrected chi connectivity index (χ0v) is 15.0. The number of hydrogen-bond acceptors (Lipinski definition) is 5. The van der Waals surface area contributed by atoms with Gasteiger partial charge in [0, 0.05) is 23.1 Å². The van der Waals surface area contributed by atoms with Crippen molar-refractivity contribution in [2.45, 2.75) is 12.8 Å². The first-order valence-corrected chi connectivity index (χ1v) is 8.75. The Kier molecular flexibility index (Phi) is 5.61. The zero-order chi connectivity index (χ0) is 20.1. The first-order chi connectivity index (χ1) is 13.3. The fourth-order valence-corrected chi connectivity index (χ4v) is 3.16. The molecule has 0 aliphatic rings. The molecule has 0 saturated carbocycles. The van der Waals surface area contributed by atoms with Crippen LogP contribution < -0.4 is 10.1 Å². The second kappa shape index (κ2) is 8.10. The molecule has 2 aromatic carbocycles. The molecule has 142 valence electrons. The third kappa shape index (κ3) is 5.31. The summed E-state index contributed by atoms with van der Waals surface area (Å²) in [5, 5.41) is 11.9. The van der Waals surface area contributed by atoms with Gasteiger partial charge in [-0.1, -0.05) is 12.1 Å². The molecule has 3 aromatic rings. The van der Waals surface area contributed by atoms with E-state index in [1.807, 2.05) is 6.07 Å². The summed E-state index contributed by atoms with van der Waals surface area (Å²) in [6.07, 6.45) is -2.67. The Morgan fingerprint density at radius 3 is 2.43 bits per heavy atom. The van der Waals surface area contributed by atoms with E-state index < -0.39 is 6.36 Å². The molecule has 0 bridgehead atoms. The van der Waals surface area contributed by atoms with Gasteiger partial charge in [-0.25, -0.2) is 4.98 Å². The molecular weight excluding hydrogens is 391 g/mol. The second-order valence-electron chi connectivity index (χ2n) is 5.64. The van der Waals surface area contributed by atoms with Gasteiger partial charge in [-0.2, -0.15) is 5.26 Å². The van der Waals surface area contributed by atoms with Crippen molar-refractivity contribution >= 4 is 22.4 Å². The van der Waals surface area contributed by atoms with Crippen molar-refractivity contribution in [1.82, 2.24) is 4.98 Å². The molecule has 1 N–H and O–H groups in total. The smallest absolute Gasteiger partial charge is 0.406 e. The van der Waals surface area contributed by atoms with Crippen molar-refractivity contribution in [1.29, 1.82) is 5.26 Å². The Labute approximate surface area is 162 Å². The highest BCUT2D eigenvalue weighted by Gasteiger charge is 2.30. The fourth-order valence-electron chi connectivity index (χ4n) is 2.32. The number of carbonyl (C=O) groups excluding carboxylic acids is 1. The predicted molar refractivity (Wildman–Crippen MR) is 97.2 cm³/mol. The summed E-state index contributed by atoms with van der Waals surface area (Å²) >= 11 is 1.27. The maximum Gasteiger partial charge on any atom is 0.573 e. The number of anilines is 1. The number of nitrogens with one attached hydrogen (secondary N) is 1. The highest BCUT2D eigenvalue weighted by molar-refractivity contribution is 7.15. The number of hydrogen-bond donors (Lipinski definition) is 1. The van der Waals surface area contributed by atoms with E-state index in [9.17, 15) is 18.0 Å². The monoisotopic (exact) mass is 403 g/mol. The second-order valence-corrected chi connectivity index (χ2v) is 6.76. The van der Waals surface area contributed by atoms with Gasteiger partial charge < -0.3 is 4.74 Å². The van der Waals surface area contributed by atoms with Gasteiger partial charge in [0.2, 0.25) is 0 Å². The quantitative estimate of drug-likeness (QED) is 0.667. The largest absolute Gasteiger partial charge is 0.573 e. The SMILES string of the molecule is N#Cc1ccc(C(=O)Nc2ncc(Cc3ccc(OC(F)(F)F)cc3)s2)cc1. The number of ether oxygens (including phenoxy) is 1. The van der Waals surface area contributed by atoms with Crippen molar-refractivity contribution in [3.05, 3.63) is 76.3 Å². The fraction of sp³-hybridized carbons (Fsp3) is 0.105. The third-order valence-electron chi connectivity index (χ3n) is 3.59. The Balaban J connectivity index is 1.60. The van der Waals surface area contributed by atoms with Crippen molar-refractivity contribution in [2.24, 2.45) is 0 Å². The van der Waals surface area contributed by atoms with Crippen LogP contribution in [0.2, 0.25) is 0 Å². The molecular formula is C19H12F3N3O2S. The highest BCUT2D eigenvalue weighted by atomic mass is 32.1. The van der Waals surface area contributed by atoms with Crippen molar-refractivity contribution in [3.63, 3.8) is 0 Å². The Hall–Kier alpha value is -3.38. The molecule has 0 aliphatic carbocycles. The van der Waals surface area contributed by atoms with E-state index >= 15 is 0 Å². The summed E-state index contributed by atoms with van der Waals surface area (Å²) in [5.74, 6) is -0.630. The van der Waals surface area contributed by atoms with Gasteiger partial charge in [-0.3, -0.25) is 10.1 Å². The van der Waals surface area contributed by atoms with E-state index in [1.165, 1.54) is 35.6 Å². The molecule has 1 aromatic heterocycles. The van der Waals surface area contributed by atoms with E-state index in [0.29, 0.717) is 22.7 Å². The standard InChI is InChI=1S/C19H12F3N3O2S/c20-19(21,22)27-15-7-3-12(4-8-15)9-16-11-24-18(28-16)25-17(26)14-5-1-13(10-23)2-6-14/h1-8,11H,9H2,(H,24,25,26). The number of carbonyl (C=O) groups is 1. The van der Waals surface area contributed by atoms with Crippen LogP contribution in [-0.4, -0.2) is 17.3 Å². The maximum atomic E-state index is 12.2. The van der Waals surface area contributed by atoms with Gasteiger partial charge >= 0.3 is 6.36 Å². The molecule has 3 rings (SSSR count). The molecule has 0 spiro atoms. The maximum absolute atomic E-state index is 12.2. The van der Waals surface area contributed by atoms with Crippen molar-refractivity contribution < 1.29 is 22.7 Å². The van der Waals surface area contributed by atoms with Gasteiger partial charge in [0.05, 0.1) is 11.6 Å². The molecule has 0 aliphatic heterocycles. The van der Waals surface area contributed by atoms with Crippen LogP contribution in [0.1, 0.15) is 26.4 Å². The van der Waals surface area contributed by atoms with Crippen LogP contribution in [0.4, 0.5) is 18.3 Å². The number of nitrogens with zero attached hydrogens (tertiary/aromatic N) is 2. The number of aromatic nitrogens is 1. The van der Waals surface area contributed by atoms with E-state index in [-0.39, 0.29) is 11.7 Å². The Bertz CT molecular complexity index is 1010. The van der Waals surface area contributed by atoms with Crippen LogP contribution in [0.25, 0.3) is 0 Å². The third-order valence-corrected chi connectivity index (χ3v) is 4.50. The predicted octanol–water partition coefficient (Wildman–Crippen LogP) is 4.76. The van der Waals surface area contributed by atoms with Crippen LogP contribution in [-0.2, 0) is 6.42 Å². The van der Waals surface area contributed by atoms with Gasteiger partial charge in [-0.15, -0.1) is 24.5 Å². The molecule has 0 unspecified atom stereocenters. The molecule has 1 amide bonds. The molecule has 1 heterocycles. The number of thiazole rings is 1. The molecule has 0 saturated heterocycles. The first kappa shape index (κ1) is 19.4. The number of rotatable bonds is 5. The Morgan fingerprint density at radius 1 is 1.14 bits per heavy atom. The molecule has 0 fully saturated rings. The van der Waals surface area contributed by atoms with E-state index in [0.717, 1.165) is 10.4 Å². The first-order valence-electron chi connectivity index (χ1n) is 7.93. The normalized spacial score (nSPS) is 10.9. The Morgan fingerprint density at radius 2 is 1.82 bits per heavy atom. The van der Waals surface area contributed by atoms with E-state index in [1.54, 1.807) is 30.5 Å². The zero-order valence-electron chi connectivity index (χ0n) is 14.2. The highest BCUT2D eigenvalue weighted by Crippen LogP contribution is 2.25. The average molecular weight is 403 g/mol. The van der Waals surface area contributed by atoms with Gasteiger partial charge in [0.15, 0.2) is 5.13 Å². The molecule has 9 heteroatoms. The van der Waals surface area contributed by atoms with Crippen LogP contribution in [0.3, 0.4) is 0 Å². The summed E-state index contributed by atoms with van der Waals surface area (Å²) in [4.78, 5) is 17.2. The van der Waals surface area contributed by atoms with Gasteiger partial charge in [0.25, 0.3) is 5.91 Å². The molecule has 28 heavy (non-hydrogen) atoms. The topological polar surface area (TPSA) is 75.0 Å². The molecule has 5 nitrogen and oxygen atoms in total. The number of halogens is 3. The van der Waals surface area contributed by atoms with Crippen LogP contribution in [0.15, 0.2) is 54.7 Å². The van der Waals surface area contributed by atoms with E-state index in [4.69, 9.17) is 5.26 Å². The summed E-state index contributed by atoms with van der Waals surface area (Å²) in [7, 11) is 0. The minimum Gasteiger partial charge on any atom is -0.406 e. The lowest BCUT2D eigenvalue weighted by molar-refractivity contribution is -0.274. The van der Waals surface area contributed by atoms with E-state index in [2.05, 4.69) is 15.0 Å². The van der Waals surface area contributed by atoms with Crippen molar-refractivity contribution in [3.8, 4) is 11.8 Å². The van der Waals surface area contributed by atoms with Gasteiger partial charge in [0.1, 0.15) is 5.75 Å². The van der Waals surface area contributed by atoms with Crippen LogP contribution in [0.5, 0.6) is 5.75 Å². The summed E-state index contributed by atoms with van der Waals surface area (Å²) in [6, 6.07) is 13.7. The summed E-state index contributed by atoms with van der Waals surface area (Å²) in [6.45, 7) is 0.